The number of halogens is 2. The number of benzene rings is 1. The normalized spacial score (nSPS) is 10.7. The first-order valence-corrected chi connectivity index (χ1v) is 8.43. The Kier molecular flexibility index (Phi) is 6.14. The van der Waals surface area contributed by atoms with Crippen LogP contribution in [0.15, 0.2) is 36.5 Å². The highest BCUT2D eigenvalue weighted by Crippen LogP contribution is 2.30. The van der Waals surface area contributed by atoms with E-state index in [1.54, 1.807) is 0 Å². The molecular weight excluding hydrogens is 341 g/mol. The van der Waals surface area contributed by atoms with Crippen molar-refractivity contribution in [3.8, 4) is 0 Å². The zero-order valence-electron chi connectivity index (χ0n) is 14.3. The van der Waals surface area contributed by atoms with Crippen LogP contribution >= 0.6 is 24.0 Å². The Labute approximate surface area is 154 Å². The first-order valence-electron chi connectivity index (χ1n) is 8.05. The molecule has 0 unspecified atom stereocenters. The average Bonchev–Trinajstić information content (AvgIpc) is 2.80. The van der Waals surface area contributed by atoms with Crippen molar-refractivity contribution in [3.63, 3.8) is 0 Å². The fraction of sp³-hybridized carbons (Fsp3) is 0.316. The molecule has 24 heavy (non-hydrogen) atoms. The van der Waals surface area contributed by atoms with Crippen LogP contribution in [0.4, 0.5) is 5.82 Å². The minimum absolute atomic E-state index is 0. The summed E-state index contributed by atoms with van der Waals surface area (Å²) >= 11 is 6.25. The fourth-order valence-electron chi connectivity index (χ4n) is 3.05. The van der Waals surface area contributed by atoms with Crippen LogP contribution in [-0.2, 0) is 13.1 Å². The zero-order chi connectivity index (χ0) is 16.4. The summed E-state index contributed by atoms with van der Waals surface area (Å²) in [6.07, 6.45) is 2.98. The molecule has 0 bridgehead atoms. The summed E-state index contributed by atoms with van der Waals surface area (Å²) in [7, 11) is 0. The van der Waals surface area contributed by atoms with Gasteiger partial charge < -0.3 is 9.88 Å². The molecule has 0 aliphatic heterocycles. The molecular formula is C19H23Cl2N3. The van der Waals surface area contributed by atoms with Crippen molar-refractivity contribution in [3.05, 3.63) is 58.4 Å². The number of hydrogen-bond acceptors (Lipinski definition) is 2. The third-order valence-corrected chi connectivity index (χ3v) is 4.77. The number of rotatable bonds is 5. The molecule has 128 valence electrons. The van der Waals surface area contributed by atoms with E-state index < -0.39 is 0 Å². The zero-order valence-corrected chi connectivity index (χ0v) is 15.8. The molecule has 0 aliphatic rings. The second kappa shape index (κ2) is 7.91. The van der Waals surface area contributed by atoms with Crippen molar-refractivity contribution in [2.75, 3.05) is 5.32 Å². The van der Waals surface area contributed by atoms with E-state index in [0.717, 1.165) is 29.4 Å². The number of aromatic nitrogens is 2. The Morgan fingerprint density at radius 2 is 1.92 bits per heavy atom. The van der Waals surface area contributed by atoms with Gasteiger partial charge in [-0.15, -0.1) is 12.4 Å². The van der Waals surface area contributed by atoms with Gasteiger partial charge in [-0.25, -0.2) is 4.98 Å². The van der Waals surface area contributed by atoms with Crippen LogP contribution in [0.1, 0.15) is 30.2 Å². The van der Waals surface area contributed by atoms with Crippen molar-refractivity contribution >= 4 is 40.7 Å². The molecule has 2 aromatic heterocycles. The lowest BCUT2D eigenvalue weighted by Gasteiger charge is -2.12. The highest BCUT2D eigenvalue weighted by molar-refractivity contribution is 6.31. The summed E-state index contributed by atoms with van der Waals surface area (Å²) in [6.45, 7) is 8.24. The number of nitrogens with zero attached hydrogens (tertiary/aromatic N) is 2. The molecule has 0 amide bonds. The average molecular weight is 364 g/mol. The van der Waals surface area contributed by atoms with Crippen molar-refractivity contribution in [1.29, 1.82) is 0 Å². The Bertz CT molecular complexity index is 840. The summed E-state index contributed by atoms with van der Waals surface area (Å²) in [5, 5.41) is 5.52. The topological polar surface area (TPSA) is 29.9 Å². The second-order valence-electron chi connectivity index (χ2n) is 5.86. The number of nitrogens with one attached hydrogen (secondary N) is 1. The maximum Gasteiger partial charge on any atom is 0.150 e. The lowest BCUT2D eigenvalue weighted by molar-refractivity contribution is 0.683. The van der Waals surface area contributed by atoms with E-state index in [4.69, 9.17) is 11.6 Å². The van der Waals surface area contributed by atoms with Gasteiger partial charge in [0.2, 0.25) is 0 Å². The van der Waals surface area contributed by atoms with E-state index in [9.17, 15) is 0 Å². The molecule has 0 atom stereocenters. The van der Waals surface area contributed by atoms with Gasteiger partial charge in [0.15, 0.2) is 5.82 Å². The number of hydrogen-bond donors (Lipinski definition) is 1. The quantitative estimate of drug-likeness (QED) is 0.625. The standard InChI is InChI=1S/C19H22ClN3.ClH/c1-4-11-23-14(3)13(2)16-9-10-21-19(18(16)23)22-12-15-7-5-6-8-17(15)20;/h5-10H,4,11-12H2,1-3H3,(H,21,22);1H. The maximum absolute atomic E-state index is 6.25. The fourth-order valence-corrected chi connectivity index (χ4v) is 3.25. The van der Waals surface area contributed by atoms with E-state index >= 15 is 0 Å². The molecule has 3 rings (SSSR count). The smallest absolute Gasteiger partial charge is 0.150 e. The van der Waals surface area contributed by atoms with E-state index in [1.807, 2.05) is 30.5 Å². The van der Waals surface area contributed by atoms with Gasteiger partial charge in [0.05, 0.1) is 5.52 Å². The largest absolute Gasteiger partial charge is 0.364 e. The van der Waals surface area contributed by atoms with Crippen molar-refractivity contribution in [2.45, 2.75) is 40.3 Å². The summed E-state index contributed by atoms with van der Waals surface area (Å²) in [4.78, 5) is 4.57. The van der Waals surface area contributed by atoms with Gasteiger partial charge in [0.25, 0.3) is 0 Å². The predicted molar refractivity (Wildman–Crippen MR) is 106 cm³/mol. The third-order valence-electron chi connectivity index (χ3n) is 4.40. The van der Waals surface area contributed by atoms with Crippen LogP contribution < -0.4 is 5.32 Å². The lowest BCUT2D eigenvalue weighted by Crippen LogP contribution is -2.06. The second-order valence-corrected chi connectivity index (χ2v) is 6.27. The summed E-state index contributed by atoms with van der Waals surface area (Å²) in [5.41, 5.74) is 4.92. The van der Waals surface area contributed by atoms with Gasteiger partial charge in [0.1, 0.15) is 0 Å². The van der Waals surface area contributed by atoms with Gasteiger partial charge in [-0.1, -0.05) is 36.7 Å². The molecule has 1 aromatic carbocycles. The van der Waals surface area contributed by atoms with Gasteiger partial charge in [-0.2, -0.15) is 0 Å². The van der Waals surface area contributed by atoms with Crippen molar-refractivity contribution in [1.82, 2.24) is 9.55 Å². The maximum atomic E-state index is 6.25. The van der Waals surface area contributed by atoms with Crippen LogP contribution in [-0.4, -0.2) is 9.55 Å². The van der Waals surface area contributed by atoms with Crippen LogP contribution in [0.25, 0.3) is 10.9 Å². The minimum Gasteiger partial charge on any atom is -0.364 e. The SMILES string of the molecule is CCCn1c(C)c(C)c2ccnc(NCc3ccccc3Cl)c21.Cl. The van der Waals surface area contributed by atoms with E-state index in [-0.39, 0.29) is 12.4 Å². The van der Waals surface area contributed by atoms with Crippen molar-refractivity contribution in [2.24, 2.45) is 0 Å². The van der Waals surface area contributed by atoms with E-state index in [0.29, 0.717) is 6.54 Å². The highest BCUT2D eigenvalue weighted by Gasteiger charge is 2.14. The Balaban J connectivity index is 0.00000208. The first-order chi connectivity index (χ1) is 11.1. The van der Waals surface area contributed by atoms with Gasteiger partial charge in [-0.3, -0.25) is 0 Å². The number of pyridine rings is 1. The molecule has 1 N–H and O–H groups in total. The van der Waals surface area contributed by atoms with Gasteiger partial charge in [0, 0.05) is 35.4 Å². The summed E-state index contributed by atoms with van der Waals surface area (Å²) < 4.78 is 2.37. The molecule has 5 heteroatoms. The Morgan fingerprint density at radius 3 is 2.62 bits per heavy atom. The van der Waals surface area contributed by atoms with E-state index in [1.165, 1.54) is 22.2 Å². The van der Waals surface area contributed by atoms with Crippen LogP contribution in [0.2, 0.25) is 5.02 Å². The predicted octanol–water partition coefficient (Wildman–Crippen LogP) is 5.75. The lowest BCUT2D eigenvalue weighted by atomic mass is 10.2. The molecule has 0 aliphatic carbocycles. The summed E-state index contributed by atoms with van der Waals surface area (Å²) in [6, 6.07) is 10.0. The molecule has 2 heterocycles. The molecule has 3 nitrogen and oxygen atoms in total. The number of fused-ring (bicyclic) bond motifs is 1. The Morgan fingerprint density at radius 1 is 1.17 bits per heavy atom. The molecule has 0 fully saturated rings. The van der Waals surface area contributed by atoms with Crippen molar-refractivity contribution < 1.29 is 0 Å². The van der Waals surface area contributed by atoms with Crippen LogP contribution in [0.3, 0.4) is 0 Å². The Hall–Kier alpha value is -1.71. The van der Waals surface area contributed by atoms with Crippen LogP contribution in [0, 0.1) is 13.8 Å². The molecule has 0 saturated carbocycles. The highest BCUT2D eigenvalue weighted by atomic mass is 35.5. The minimum atomic E-state index is 0. The summed E-state index contributed by atoms with van der Waals surface area (Å²) in [5.74, 6) is 0.923. The monoisotopic (exact) mass is 363 g/mol. The van der Waals surface area contributed by atoms with Gasteiger partial charge >= 0.3 is 0 Å². The number of aryl methyl sites for hydroxylation is 2. The molecule has 0 saturated heterocycles. The molecule has 0 radical (unpaired) electrons. The number of anilines is 1. The first kappa shape index (κ1) is 18.6. The third kappa shape index (κ3) is 3.38. The van der Waals surface area contributed by atoms with E-state index in [2.05, 4.69) is 41.7 Å². The van der Waals surface area contributed by atoms with Crippen LogP contribution in [0.5, 0.6) is 0 Å². The molecule has 0 spiro atoms. The van der Waals surface area contributed by atoms with Gasteiger partial charge in [-0.05, 0) is 43.5 Å². The molecule has 3 aromatic rings.